The van der Waals surface area contributed by atoms with Gasteiger partial charge < -0.3 is 15.0 Å². The average molecular weight is 396 g/mol. The number of aromatic nitrogens is 1. The molecule has 1 amide bonds. The topological polar surface area (TPSA) is 71.5 Å². The third-order valence-corrected chi connectivity index (χ3v) is 5.14. The zero-order valence-electron chi connectivity index (χ0n) is 17.0. The summed E-state index contributed by atoms with van der Waals surface area (Å²) in [7, 11) is 0. The minimum absolute atomic E-state index is 0.207. The van der Waals surface area contributed by atoms with E-state index in [0.717, 1.165) is 37.3 Å². The van der Waals surface area contributed by atoms with Gasteiger partial charge >= 0.3 is 5.97 Å². The molecule has 0 saturated carbocycles. The molecule has 1 N–H and O–H groups in total. The highest BCUT2D eigenvalue weighted by Gasteiger charge is 2.24. The summed E-state index contributed by atoms with van der Waals surface area (Å²) in [6.07, 6.45) is 5.67. The number of carbonyl (C=O) groups is 2. The molecular formula is C23H29N3O3. The summed E-state index contributed by atoms with van der Waals surface area (Å²) in [4.78, 5) is 32.0. The number of benzene rings is 1. The highest BCUT2D eigenvalue weighted by Crippen LogP contribution is 2.21. The van der Waals surface area contributed by atoms with Gasteiger partial charge in [0.1, 0.15) is 5.82 Å². The molecule has 1 aliphatic heterocycles. The molecule has 1 atom stereocenters. The largest absolute Gasteiger partial charge is 0.466 e. The van der Waals surface area contributed by atoms with Crippen molar-refractivity contribution in [2.24, 2.45) is 5.92 Å². The van der Waals surface area contributed by atoms with Crippen LogP contribution in [0.4, 0.5) is 5.82 Å². The summed E-state index contributed by atoms with van der Waals surface area (Å²) < 4.78 is 5.22. The fourth-order valence-corrected chi connectivity index (χ4v) is 3.64. The molecule has 1 aromatic carbocycles. The van der Waals surface area contributed by atoms with Crippen molar-refractivity contribution < 1.29 is 14.3 Å². The van der Waals surface area contributed by atoms with E-state index in [1.807, 2.05) is 30.3 Å². The van der Waals surface area contributed by atoms with Crippen molar-refractivity contribution in [3.05, 3.63) is 59.8 Å². The molecule has 2 heterocycles. The van der Waals surface area contributed by atoms with E-state index in [4.69, 9.17) is 4.74 Å². The monoisotopic (exact) mass is 395 g/mol. The van der Waals surface area contributed by atoms with Gasteiger partial charge in [-0.1, -0.05) is 30.3 Å². The molecule has 3 rings (SSSR count). The summed E-state index contributed by atoms with van der Waals surface area (Å²) in [5.41, 5.74) is 1.59. The highest BCUT2D eigenvalue weighted by atomic mass is 16.5. The molecule has 0 bridgehead atoms. The first kappa shape index (κ1) is 20.8. The third-order valence-electron chi connectivity index (χ3n) is 5.14. The lowest BCUT2D eigenvalue weighted by Crippen LogP contribution is -2.37. The Hall–Kier alpha value is -2.89. The smallest absolute Gasteiger partial charge is 0.311 e. The molecule has 0 radical (unpaired) electrons. The van der Waals surface area contributed by atoms with Gasteiger partial charge in [0.25, 0.3) is 5.91 Å². The quantitative estimate of drug-likeness (QED) is 0.695. The van der Waals surface area contributed by atoms with Crippen molar-refractivity contribution in [3.8, 4) is 0 Å². The number of hydrogen-bond acceptors (Lipinski definition) is 5. The molecule has 2 aromatic rings. The van der Waals surface area contributed by atoms with Crippen molar-refractivity contribution in [1.82, 2.24) is 10.3 Å². The fraction of sp³-hybridized carbons (Fsp3) is 0.435. The molecule has 1 aromatic heterocycles. The molecular weight excluding hydrogens is 366 g/mol. The second-order valence-electron chi connectivity index (χ2n) is 7.27. The first-order valence-electron chi connectivity index (χ1n) is 10.4. The van der Waals surface area contributed by atoms with Crippen LogP contribution >= 0.6 is 0 Å². The Bertz CT molecular complexity index is 804. The number of carbonyl (C=O) groups excluding carboxylic acids is 2. The van der Waals surface area contributed by atoms with Gasteiger partial charge in [0.15, 0.2) is 0 Å². The zero-order valence-corrected chi connectivity index (χ0v) is 17.0. The van der Waals surface area contributed by atoms with E-state index in [1.54, 1.807) is 25.3 Å². The summed E-state index contributed by atoms with van der Waals surface area (Å²) in [5.74, 6) is -0.211. The van der Waals surface area contributed by atoms with Gasteiger partial charge in [0.05, 0.1) is 18.1 Å². The van der Waals surface area contributed by atoms with E-state index in [2.05, 4.69) is 15.2 Å². The minimum Gasteiger partial charge on any atom is -0.466 e. The number of ether oxygens (including phenoxy) is 1. The van der Waals surface area contributed by atoms with E-state index < -0.39 is 5.92 Å². The molecule has 6 nitrogen and oxygen atoms in total. The molecule has 154 valence electrons. The zero-order chi connectivity index (χ0) is 20.5. The molecule has 29 heavy (non-hydrogen) atoms. The average Bonchev–Trinajstić information content (AvgIpc) is 2.78. The maximum atomic E-state index is 12.9. The number of esters is 1. The number of piperidine rings is 1. The normalized spacial score (nSPS) is 14.9. The Morgan fingerprint density at radius 3 is 2.59 bits per heavy atom. The number of rotatable bonds is 8. The van der Waals surface area contributed by atoms with Gasteiger partial charge in [-0.05, 0) is 50.3 Å². The number of anilines is 1. The first-order chi connectivity index (χ1) is 14.2. The summed E-state index contributed by atoms with van der Waals surface area (Å²) in [5, 5.41) is 2.93. The van der Waals surface area contributed by atoms with Crippen LogP contribution in [0.5, 0.6) is 0 Å². The van der Waals surface area contributed by atoms with Gasteiger partial charge in [-0.2, -0.15) is 0 Å². The molecule has 1 saturated heterocycles. The molecule has 0 aliphatic carbocycles. The van der Waals surface area contributed by atoms with E-state index in [1.165, 1.54) is 6.42 Å². The second kappa shape index (κ2) is 10.6. The van der Waals surface area contributed by atoms with Crippen LogP contribution in [0.3, 0.4) is 0 Å². The minimum atomic E-state index is -0.434. The summed E-state index contributed by atoms with van der Waals surface area (Å²) in [6.45, 7) is 4.16. The van der Waals surface area contributed by atoms with Crippen molar-refractivity contribution >= 4 is 17.7 Å². The Balaban J connectivity index is 1.69. The highest BCUT2D eigenvalue weighted by molar-refractivity contribution is 5.99. The number of nitrogens with one attached hydrogen (secondary N) is 1. The number of pyridine rings is 1. The number of nitrogens with zero attached hydrogens (tertiary/aromatic N) is 2. The van der Waals surface area contributed by atoms with Crippen molar-refractivity contribution in [2.45, 2.75) is 32.6 Å². The van der Waals surface area contributed by atoms with Crippen LogP contribution in [0.1, 0.15) is 42.1 Å². The van der Waals surface area contributed by atoms with Crippen LogP contribution in [-0.4, -0.2) is 43.1 Å². The lowest BCUT2D eigenvalue weighted by Gasteiger charge is -2.29. The van der Waals surface area contributed by atoms with E-state index in [9.17, 15) is 9.59 Å². The first-order valence-corrected chi connectivity index (χ1v) is 10.4. The van der Waals surface area contributed by atoms with Crippen LogP contribution < -0.4 is 10.2 Å². The Kier molecular flexibility index (Phi) is 7.61. The Labute approximate surface area is 172 Å². The van der Waals surface area contributed by atoms with Crippen molar-refractivity contribution in [1.29, 1.82) is 0 Å². The predicted molar refractivity (Wildman–Crippen MR) is 113 cm³/mol. The van der Waals surface area contributed by atoms with Crippen LogP contribution in [0.2, 0.25) is 0 Å². The van der Waals surface area contributed by atoms with E-state index >= 15 is 0 Å². The van der Waals surface area contributed by atoms with Crippen LogP contribution in [0, 0.1) is 5.92 Å². The SMILES string of the molecule is CCOC(=O)C(CNC(=O)c1cccnc1N1CCCCC1)Cc1ccccc1. The van der Waals surface area contributed by atoms with Gasteiger partial charge in [-0.15, -0.1) is 0 Å². The second-order valence-corrected chi connectivity index (χ2v) is 7.27. The van der Waals surface area contributed by atoms with E-state index in [-0.39, 0.29) is 18.4 Å². The van der Waals surface area contributed by atoms with Crippen LogP contribution in [-0.2, 0) is 16.0 Å². The maximum absolute atomic E-state index is 12.9. The van der Waals surface area contributed by atoms with Gasteiger partial charge in [-0.3, -0.25) is 9.59 Å². The third kappa shape index (κ3) is 5.79. The lowest BCUT2D eigenvalue weighted by molar-refractivity contribution is -0.147. The lowest BCUT2D eigenvalue weighted by atomic mass is 9.99. The van der Waals surface area contributed by atoms with Gasteiger partial charge in [0.2, 0.25) is 0 Å². The molecule has 6 heteroatoms. The molecule has 0 spiro atoms. The molecule has 1 unspecified atom stereocenters. The summed E-state index contributed by atoms with van der Waals surface area (Å²) >= 11 is 0. The van der Waals surface area contributed by atoms with Gasteiger partial charge in [0, 0.05) is 25.8 Å². The molecule has 1 aliphatic rings. The Morgan fingerprint density at radius 2 is 1.86 bits per heavy atom. The van der Waals surface area contributed by atoms with Crippen LogP contribution in [0.25, 0.3) is 0 Å². The maximum Gasteiger partial charge on any atom is 0.311 e. The van der Waals surface area contributed by atoms with Crippen molar-refractivity contribution in [2.75, 3.05) is 31.1 Å². The summed E-state index contributed by atoms with van der Waals surface area (Å²) in [6, 6.07) is 13.3. The van der Waals surface area contributed by atoms with Gasteiger partial charge in [-0.25, -0.2) is 4.98 Å². The number of hydrogen-bond donors (Lipinski definition) is 1. The predicted octanol–water partition coefficient (Wildman–Crippen LogP) is 3.22. The van der Waals surface area contributed by atoms with Crippen molar-refractivity contribution in [3.63, 3.8) is 0 Å². The number of amides is 1. The Morgan fingerprint density at radius 1 is 1.10 bits per heavy atom. The van der Waals surface area contributed by atoms with Crippen LogP contribution in [0.15, 0.2) is 48.7 Å². The molecule has 1 fully saturated rings. The van der Waals surface area contributed by atoms with E-state index in [0.29, 0.717) is 18.6 Å². The fourth-order valence-electron chi connectivity index (χ4n) is 3.64. The standard InChI is InChI=1S/C23H29N3O3/c1-2-29-23(28)19(16-18-10-5-3-6-11-18)17-25-22(27)20-12-9-13-24-21(20)26-14-7-4-8-15-26/h3,5-6,9-13,19H,2,4,7-8,14-17H2,1H3,(H,25,27).